The van der Waals surface area contributed by atoms with E-state index in [2.05, 4.69) is 5.32 Å². The van der Waals surface area contributed by atoms with Gasteiger partial charge in [0.2, 0.25) is 12.7 Å². The lowest BCUT2D eigenvalue weighted by atomic mass is 9.77. The Bertz CT molecular complexity index is 1220. The lowest BCUT2D eigenvalue weighted by molar-refractivity contribution is -0.137. The molecule has 0 bridgehead atoms. The summed E-state index contributed by atoms with van der Waals surface area (Å²) in [5.41, 5.74) is 3.63. The van der Waals surface area contributed by atoms with E-state index in [-0.39, 0.29) is 19.1 Å². The van der Waals surface area contributed by atoms with Gasteiger partial charge in [-0.05, 0) is 91.1 Å². The maximum absolute atomic E-state index is 13.3. The van der Waals surface area contributed by atoms with Crippen molar-refractivity contribution in [3.63, 3.8) is 0 Å². The molecule has 1 fully saturated rings. The van der Waals surface area contributed by atoms with Crippen molar-refractivity contribution < 1.29 is 24.2 Å². The number of allylic oxidation sites excluding steroid dienone is 1. The largest absolute Gasteiger partial charge is 0.481 e. The van der Waals surface area contributed by atoms with Gasteiger partial charge >= 0.3 is 5.97 Å². The number of amides is 1. The predicted molar refractivity (Wildman–Crippen MR) is 135 cm³/mol. The minimum absolute atomic E-state index is 0.0363. The SMILES string of the molecule is CC(=N)/C(=C\c1cc(NC(=O)C2(c3ccc4c(c3)OCO4)CC2)ccc1C)C(C)(C)CCC(=O)O. The molecule has 2 aromatic carbocycles. The molecule has 0 aromatic heterocycles. The molecule has 1 amide bonds. The van der Waals surface area contributed by atoms with E-state index in [9.17, 15) is 9.59 Å². The number of carboxylic acids is 1. The van der Waals surface area contributed by atoms with Gasteiger partial charge in [-0.3, -0.25) is 9.59 Å². The number of carboxylic acid groups (broad SMARTS) is 1. The summed E-state index contributed by atoms with van der Waals surface area (Å²) in [6.45, 7) is 7.82. The number of hydrogen-bond acceptors (Lipinski definition) is 5. The van der Waals surface area contributed by atoms with Crippen molar-refractivity contribution >= 4 is 29.4 Å². The molecule has 35 heavy (non-hydrogen) atoms. The van der Waals surface area contributed by atoms with E-state index in [0.29, 0.717) is 29.3 Å². The van der Waals surface area contributed by atoms with Gasteiger partial charge in [-0.1, -0.05) is 26.0 Å². The highest BCUT2D eigenvalue weighted by Crippen LogP contribution is 2.51. The van der Waals surface area contributed by atoms with E-state index in [1.807, 2.05) is 63.2 Å². The number of anilines is 1. The molecule has 7 heteroatoms. The van der Waals surface area contributed by atoms with Gasteiger partial charge in [-0.2, -0.15) is 0 Å². The molecule has 1 aliphatic heterocycles. The van der Waals surface area contributed by atoms with Gasteiger partial charge in [-0.15, -0.1) is 0 Å². The first kappa shape index (κ1) is 24.5. The highest BCUT2D eigenvalue weighted by atomic mass is 16.7. The Hall–Kier alpha value is -3.61. The summed E-state index contributed by atoms with van der Waals surface area (Å²) < 4.78 is 10.9. The summed E-state index contributed by atoms with van der Waals surface area (Å²) in [4.78, 5) is 24.5. The minimum atomic E-state index is -0.850. The monoisotopic (exact) mass is 476 g/mol. The zero-order valence-corrected chi connectivity index (χ0v) is 20.7. The molecule has 0 unspecified atom stereocenters. The van der Waals surface area contributed by atoms with E-state index in [4.69, 9.17) is 20.0 Å². The van der Waals surface area contributed by atoms with Crippen LogP contribution in [0, 0.1) is 17.7 Å². The van der Waals surface area contributed by atoms with Crippen molar-refractivity contribution in [2.24, 2.45) is 5.41 Å². The highest BCUT2D eigenvalue weighted by Gasteiger charge is 2.51. The Morgan fingerprint density at radius 3 is 2.51 bits per heavy atom. The molecule has 184 valence electrons. The normalized spacial score (nSPS) is 16.1. The fourth-order valence-electron chi connectivity index (χ4n) is 4.61. The van der Waals surface area contributed by atoms with Crippen LogP contribution >= 0.6 is 0 Å². The molecule has 0 saturated heterocycles. The maximum atomic E-state index is 13.3. The number of aryl methyl sites for hydroxylation is 1. The fraction of sp³-hybridized carbons (Fsp3) is 0.393. The van der Waals surface area contributed by atoms with Gasteiger partial charge in [-0.25, -0.2) is 0 Å². The average molecular weight is 477 g/mol. The average Bonchev–Trinajstić information content (AvgIpc) is 3.48. The molecule has 2 aliphatic rings. The van der Waals surface area contributed by atoms with Crippen LogP contribution in [0.2, 0.25) is 0 Å². The number of fused-ring (bicyclic) bond motifs is 1. The number of hydrogen-bond donors (Lipinski definition) is 3. The predicted octanol–water partition coefficient (Wildman–Crippen LogP) is 5.71. The second kappa shape index (κ2) is 9.21. The van der Waals surface area contributed by atoms with Crippen molar-refractivity contribution in [2.45, 2.75) is 58.8 Å². The number of nitrogens with one attached hydrogen (secondary N) is 2. The van der Waals surface area contributed by atoms with E-state index >= 15 is 0 Å². The van der Waals surface area contributed by atoms with E-state index in [0.717, 1.165) is 35.1 Å². The van der Waals surface area contributed by atoms with Crippen molar-refractivity contribution in [3.05, 3.63) is 58.7 Å². The lowest BCUT2D eigenvalue weighted by Gasteiger charge is -2.28. The second-order valence-corrected chi connectivity index (χ2v) is 10.1. The molecule has 0 spiro atoms. The van der Waals surface area contributed by atoms with Gasteiger partial charge in [0.1, 0.15) is 0 Å². The number of carbonyl (C=O) groups excluding carboxylic acids is 1. The molecule has 1 saturated carbocycles. The van der Waals surface area contributed by atoms with Crippen LogP contribution < -0.4 is 14.8 Å². The highest BCUT2D eigenvalue weighted by molar-refractivity contribution is 6.03. The van der Waals surface area contributed by atoms with Gasteiger partial charge in [0.25, 0.3) is 0 Å². The summed E-state index contributed by atoms with van der Waals surface area (Å²) in [5.74, 6) is 0.464. The summed E-state index contributed by atoms with van der Waals surface area (Å²) in [6.07, 6.45) is 3.95. The molecule has 2 aromatic rings. The summed E-state index contributed by atoms with van der Waals surface area (Å²) in [5, 5.41) is 20.5. The van der Waals surface area contributed by atoms with Crippen molar-refractivity contribution in [3.8, 4) is 11.5 Å². The van der Waals surface area contributed by atoms with Crippen LogP contribution in [0.5, 0.6) is 11.5 Å². The topological polar surface area (TPSA) is 109 Å². The summed E-state index contributed by atoms with van der Waals surface area (Å²) in [7, 11) is 0. The van der Waals surface area contributed by atoms with Crippen molar-refractivity contribution in [1.82, 2.24) is 0 Å². The fourth-order valence-corrected chi connectivity index (χ4v) is 4.61. The Morgan fingerprint density at radius 1 is 1.14 bits per heavy atom. The summed E-state index contributed by atoms with van der Waals surface area (Å²) in [6, 6.07) is 11.4. The third-order valence-electron chi connectivity index (χ3n) is 7.04. The zero-order valence-electron chi connectivity index (χ0n) is 20.7. The van der Waals surface area contributed by atoms with Gasteiger partial charge in [0.05, 0.1) is 5.41 Å². The second-order valence-electron chi connectivity index (χ2n) is 10.1. The van der Waals surface area contributed by atoms with E-state index in [1.165, 1.54) is 0 Å². The quantitative estimate of drug-likeness (QED) is 0.402. The molecule has 7 nitrogen and oxygen atoms in total. The first-order valence-electron chi connectivity index (χ1n) is 11.8. The molecule has 0 atom stereocenters. The van der Waals surface area contributed by atoms with Crippen LogP contribution in [0.1, 0.15) is 63.1 Å². The zero-order chi connectivity index (χ0) is 25.4. The first-order valence-corrected chi connectivity index (χ1v) is 11.8. The van der Waals surface area contributed by atoms with Crippen LogP contribution in [0.25, 0.3) is 6.08 Å². The molecule has 0 radical (unpaired) electrons. The minimum Gasteiger partial charge on any atom is -0.481 e. The number of carbonyl (C=O) groups is 2. The van der Waals surface area contributed by atoms with Gasteiger partial charge < -0.3 is 25.3 Å². The first-order chi connectivity index (χ1) is 16.5. The van der Waals surface area contributed by atoms with Crippen LogP contribution in [0.3, 0.4) is 0 Å². The number of aliphatic carboxylic acids is 1. The molecule has 1 aliphatic carbocycles. The van der Waals surface area contributed by atoms with Gasteiger partial charge in [0, 0.05) is 17.8 Å². The van der Waals surface area contributed by atoms with E-state index in [1.54, 1.807) is 6.92 Å². The van der Waals surface area contributed by atoms with E-state index < -0.39 is 16.8 Å². The lowest BCUT2D eigenvalue weighted by Crippen LogP contribution is -2.27. The Morgan fingerprint density at radius 2 is 1.86 bits per heavy atom. The number of rotatable bonds is 9. The molecule has 1 heterocycles. The standard InChI is InChI=1S/C28H32N2O5/c1-17-5-7-21(13-19(17)14-22(18(2)29)27(3,4)10-9-25(31)32)30-26(33)28(11-12-28)20-6-8-23-24(15-20)35-16-34-23/h5-8,13-15,29H,9-12,16H2,1-4H3,(H,30,33)(H,31,32)/b22-14+,29-18?. The summed E-state index contributed by atoms with van der Waals surface area (Å²) >= 11 is 0. The third kappa shape index (κ3) is 5.09. The van der Waals surface area contributed by atoms with Crippen molar-refractivity contribution in [2.75, 3.05) is 12.1 Å². The van der Waals surface area contributed by atoms with Crippen LogP contribution in [-0.4, -0.2) is 29.5 Å². The molecular formula is C28H32N2O5. The van der Waals surface area contributed by atoms with Crippen LogP contribution in [-0.2, 0) is 15.0 Å². The smallest absolute Gasteiger partial charge is 0.303 e. The number of ether oxygens (including phenoxy) is 2. The molecule has 3 N–H and O–H groups in total. The third-order valence-corrected chi connectivity index (χ3v) is 7.04. The Balaban J connectivity index is 1.58. The Labute approximate surface area is 205 Å². The van der Waals surface area contributed by atoms with Crippen molar-refractivity contribution in [1.29, 1.82) is 5.41 Å². The van der Waals surface area contributed by atoms with Crippen LogP contribution in [0.15, 0.2) is 42.0 Å². The maximum Gasteiger partial charge on any atom is 0.303 e. The van der Waals surface area contributed by atoms with Gasteiger partial charge in [0.15, 0.2) is 11.5 Å². The number of benzene rings is 2. The van der Waals surface area contributed by atoms with Crippen LogP contribution in [0.4, 0.5) is 5.69 Å². The Kier molecular flexibility index (Phi) is 6.45. The molecular weight excluding hydrogens is 444 g/mol. The molecule has 4 rings (SSSR count).